The molecule has 1 aromatic heterocycles. The molecule has 4 aromatic rings. The highest BCUT2D eigenvalue weighted by Crippen LogP contribution is 2.32. The first-order chi connectivity index (χ1) is 19.0. The van der Waals surface area contributed by atoms with Crippen molar-refractivity contribution in [1.82, 2.24) is 9.88 Å². The number of nitrogens with zero attached hydrogens (tertiary/aromatic N) is 2. The molecule has 202 valence electrons. The van der Waals surface area contributed by atoms with Crippen molar-refractivity contribution in [3.8, 4) is 5.75 Å². The van der Waals surface area contributed by atoms with Crippen LogP contribution in [0.1, 0.15) is 71.7 Å². The average molecular weight is 526 g/mol. The molecule has 5 rings (SSSR count). The minimum atomic E-state index is -0.270. The lowest BCUT2D eigenvalue weighted by molar-refractivity contribution is 0.103. The number of carbonyl (C=O) groups excluding carboxylic acids is 2. The Morgan fingerprint density at radius 2 is 1.54 bits per heavy atom. The van der Waals surface area contributed by atoms with Crippen molar-refractivity contribution in [3.05, 3.63) is 77.4 Å². The first kappa shape index (κ1) is 26.6. The second-order valence-corrected chi connectivity index (χ2v) is 10.5. The monoisotopic (exact) mass is 525 g/mol. The first-order valence-corrected chi connectivity index (χ1v) is 13.9. The molecule has 0 atom stereocenters. The predicted molar refractivity (Wildman–Crippen MR) is 154 cm³/mol. The molecule has 7 heteroatoms. The Labute approximate surface area is 228 Å². The molecular weight excluding hydrogens is 490 g/mol. The predicted octanol–water partition coefficient (Wildman–Crippen LogP) is 6.32. The molecular formula is C32H35N3O4. The van der Waals surface area contributed by atoms with Crippen LogP contribution in [-0.2, 0) is 6.54 Å². The summed E-state index contributed by atoms with van der Waals surface area (Å²) in [6.07, 6.45) is 5.45. The quantitative estimate of drug-likeness (QED) is 0.0660. The summed E-state index contributed by atoms with van der Waals surface area (Å²) < 4.78 is 2.28. The SMILES string of the molecule is CCCCCC/C(=N\O)C(=O)c1ccc2c(c1)c1cc(C(=O)c3ccc(O)cc3)ccc1n2CCC1CNC1. The van der Waals surface area contributed by atoms with Crippen molar-refractivity contribution in [1.29, 1.82) is 0 Å². The van der Waals surface area contributed by atoms with E-state index in [1.165, 1.54) is 12.1 Å². The second-order valence-electron chi connectivity index (χ2n) is 10.5. The molecule has 0 radical (unpaired) electrons. The number of benzene rings is 3. The molecule has 1 saturated heterocycles. The van der Waals surface area contributed by atoms with E-state index in [0.29, 0.717) is 29.0 Å². The second kappa shape index (κ2) is 11.8. The number of unbranched alkanes of at least 4 members (excludes halogenated alkanes) is 3. The van der Waals surface area contributed by atoms with Gasteiger partial charge in [-0.3, -0.25) is 9.59 Å². The third-order valence-electron chi connectivity index (χ3n) is 7.80. The number of fused-ring (bicyclic) bond motifs is 3. The molecule has 3 aromatic carbocycles. The zero-order chi connectivity index (χ0) is 27.4. The number of Topliss-reactive ketones (excluding diaryl/α,β-unsaturated/α-hetero) is 1. The smallest absolute Gasteiger partial charge is 0.210 e. The van der Waals surface area contributed by atoms with Gasteiger partial charge >= 0.3 is 0 Å². The van der Waals surface area contributed by atoms with Gasteiger partial charge in [0, 0.05) is 45.0 Å². The maximum Gasteiger partial charge on any atom is 0.210 e. The normalized spacial score (nSPS) is 14.1. The molecule has 0 amide bonds. The summed E-state index contributed by atoms with van der Waals surface area (Å²) >= 11 is 0. The number of phenols is 1. The van der Waals surface area contributed by atoms with Gasteiger partial charge in [-0.05, 0) is 98.9 Å². The molecule has 0 bridgehead atoms. The minimum absolute atomic E-state index is 0.111. The van der Waals surface area contributed by atoms with Gasteiger partial charge in [-0.1, -0.05) is 31.3 Å². The van der Waals surface area contributed by atoms with Crippen LogP contribution in [0.2, 0.25) is 0 Å². The van der Waals surface area contributed by atoms with Crippen LogP contribution in [0.4, 0.5) is 0 Å². The molecule has 1 aliphatic rings. The van der Waals surface area contributed by atoms with Gasteiger partial charge in [0.15, 0.2) is 5.78 Å². The van der Waals surface area contributed by atoms with Crippen LogP contribution in [0.3, 0.4) is 0 Å². The fourth-order valence-corrected chi connectivity index (χ4v) is 5.37. The summed E-state index contributed by atoms with van der Waals surface area (Å²) in [6.45, 7) is 5.03. The van der Waals surface area contributed by atoms with Gasteiger partial charge < -0.3 is 20.2 Å². The number of hydrogen-bond acceptors (Lipinski definition) is 6. The fourth-order valence-electron chi connectivity index (χ4n) is 5.37. The lowest BCUT2D eigenvalue weighted by Gasteiger charge is -2.27. The molecule has 3 N–H and O–H groups in total. The van der Waals surface area contributed by atoms with E-state index in [2.05, 4.69) is 22.0 Å². The van der Waals surface area contributed by atoms with Crippen LogP contribution in [-0.4, -0.2) is 45.2 Å². The largest absolute Gasteiger partial charge is 0.508 e. The number of oxime groups is 1. The molecule has 1 fully saturated rings. The molecule has 1 aliphatic heterocycles. The number of hydrogen-bond donors (Lipinski definition) is 3. The molecule has 0 spiro atoms. The van der Waals surface area contributed by atoms with Gasteiger partial charge in [0.05, 0.1) is 0 Å². The number of aromatic hydroxyl groups is 1. The number of rotatable bonds is 12. The number of aryl methyl sites for hydroxylation is 1. The number of carbonyl (C=O) groups is 2. The van der Waals surface area contributed by atoms with Gasteiger partial charge in [0.25, 0.3) is 0 Å². The van der Waals surface area contributed by atoms with Gasteiger partial charge in [-0.15, -0.1) is 0 Å². The van der Waals surface area contributed by atoms with Crippen LogP contribution in [0.15, 0.2) is 65.8 Å². The number of phenolic OH excluding ortho intramolecular Hbond substituents is 1. The zero-order valence-corrected chi connectivity index (χ0v) is 22.3. The third-order valence-corrected chi connectivity index (χ3v) is 7.80. The summed E-state index contributed by atoms with van der Waals surface area (Å²) in [5.41, 5.74) is 3.71. The van der Waals surface area contributed by atoms with E-state index in [1.807, 2.05) is 36.4 Å². The van der Waals surface area contributed by atoms with E-state index in [-0.39, 0.29) is 23.0 Å². The third kappa shape index (κ3) is 5.59. The Bertz CT molecular complexity index is 1530. The van der Waals surface area contributed by atoms with Crippen molar-refractivity contribution < 1.29 is 19.9 Å². The van der Waals surface area contributed by atoms with Gasteiger partial charge in [0.1, 0.15) is 11.5 Å². The van der Waals surface area contributed by atoms with Crippen LogP contribution >= 0.6 is 0 Å². The van der Waals surface area contributed by atoms with Crippen LogP contribution < -0.4 is 5.32 Å². The Kier molecular flexibility index (Phi) is 8.07. The fraction of sp³-hybridized carbons (Fsp3) is 0.344. The summed E-state index contributed by atoms with van der Waals surface area (Å²) in [5.74, 6) is 0.353. The topological polar surface area (TPSA) is 104 Å². The summed E-state index contributed by atoms with van der Waals surface area (Å²) in [4.78, 5) is 26.6. The van der Waals surface area contributed by atoms with Crippen molar-refractivity contribution in [3.63, 3.8) is 0 Å². The molecule has 39 heavy (non-hydrogen) atoms. The van der Waals surface area contributed by atoms with Crippen molar-refractivity contribution >= 4 is 39.1 Å². The van der Waals surface area contributed by atoms with E-state index in [1.54, 1.807) is 12.1 Å². The maximum atomic E-state index is 13.3. The van der Waals surface area contributed by atoms with Gasteiger partial charge in [-0.2, -0.15) is 0 Å². The lowest BCUT2D eigenvalue weighted by atomic mass is 9.98. The van der Waals surface area contributed by atoms with Crippen LogP contribution in [0.5, 0.6) is 5.75 Å². The Morgan fingerprint density at radius 1 is 0.897 bits per heavy atom. The molecule has 2 heterocycles. The van der Waals surface area contributed by atoms with Crippen LogP contribution in [0.25, 0.3) is 21.8 Å². The van der Waals surface area contributed by atoms with E-state index in [0.717, 1.165) is 73.5 Å². The molecule has 0 unspecified atom stereocenters. The van der Waals surface area contributed by atoms with E-state index in [4.69, 9.17) is 0 Å². The standard InChI is InChI=1S/C32H35N3O4/c1-2-3-4-5-6-28(34-39)32(38)24-10-14-30-27(18-24)26-17-23(31(37)22-7-11-25(36)12-8-22)9-13-29(26)35(30)16-15-21-19-33-20-21/h7-14,17-18,21,33,36,39H,2-6,15-16,19-20H2,1H3/b34-28+. The molecule has 0 aliphatic carbocycles. The highest BCUT2D eigenvalue weighted by Gasteiger charge is 2.21. The lowest BCUT2D eigenvalue weighted by Crippen LogP contribution is -2.42. The van der Waals surface area contributed by atoms with Gasteiger partial charge in [0.2, 0.25) is 5.78 Å². The zero-order valence-electron chi connectivity index (χ0n) is 22.3. The van der Waals surface area contributed by atoms with Crippen molar-refractivity contribution in [2.45, 2.75) is 52.0 Å². The Morgan fingerprint density at radius 3 is 2.15 bits per heavy atom. The average Bonchev–Trinajstić information content (AvgIpc) is 3.24. The Balaban J connectivity index is 1.54. The minimum Gasteiger partial charge on any atom is -0.508 e. The molecule has 7 nitrogen and oxygen atoms in total. The number of aromatic nitrogens is 1. The van der Waals surface area contributed by atoms with E-state index < -0.39 is 0 Å². The Hall–Kier alpha value is -3.97. The number of nitrogens with one attached hydrogen (secondary N) is 1. The first-order valence-electron chi connectivity index (χ1n) is 13.9. The summed E-state index contributed by atoms with van der Waals surface area (Å²) in [6, 6.07) is 17.6. The van der Waals surface area contributed by atoms with E-state index >= 15 is 0 Å². The number of ketones is 2. The summed E-state index contributed by atoms with van der Waals surface area (Å²) in [7, 11) is 0. The molecule has 0 saturated carbocycles. The van der Waals surface area contributed by atoms with Crippen molar-refractivity contribution in [2.75, 3.05) is 13.1 Å². The maximum absolute atomic E-state index is 13.3. The van der Waals surface area contributed by atoms with Gasteiger partial charge in [-0.25, -0.2) is 0 Å². The summed E-state index contributed by atoms with van der Waals surface area (Å²) in [5, 5.41) is 27.7. The van der Waals surface area contributed by atoms with Crippen LogP contribution in [0, 0.1) is 5.92 Å². The van der Waals surface area contributed by atoms with E-state index in [9.17, 15) is 19.9 Å². The van der Waals surface area contributed by atoms with Crippen molar-refractivity contribution in [2.24, 2.45) is 11.1 Å². The highest BCUT2D eigenvalue weighted by molar-refractivity contribution is 6.46. The highest BCUT2D eigenvalue weighted by atomic mass is 16.4.